The van der Waals surface area contributed by atoms with Crippen molar-refractivity contribution < 1.29 is 4.79 Å². The van der Waals surface area contributed by atoms with E-state index in [1.54, 1.807) is 0 Å². The number of rotatable bonds is 5. The first kappa shape index (κ1) is 15.3. The largest absolute Gasteiger partial charge is 0.361 e. The Balaban J connectivity index is 1.68. The molecule has 3 rings (SSSR count). The molecule has 1 unspecified atom stereocenters. The van der Waals surface area contributed by atoms with E-state index in [1.807, 2.05) is 61.7 Å². The Hall–Kier alpha value is -2.59. The van der Waals surface area contributed by atoms with E-state index in [-0.39, 0.29) is 11.9 Å². The molecule has 118 valence electrons. The summed E-state index contributed by atoms with van der Waals surface area (Å²) in [5.74, 6) is 0.0195. The fourth-order valence-corrected chi connectivity index (χ4v) is 2.72. The van der Waals surface area contributed by atoms with Crippen molar-refractivity contribution in [1.29, 1.82) is 0 Å². The van der Waals surface area contributed by atoms with Crippen LogP contribution < -0.4 is 11.1 Å². The van der Waals surface area contributed by atoms with Gasteiger partial charge in [0, 0.05) is 29.7 Å². The van der Waals surface area contributed by atoms with Gasteiger partial charge in [-0.3, -0.25) is 4.79 Å². The van der Waals surface area contributed by atoms with Crippen LogP contribution >= 0.6 is 0 Å². The molecule has 0 bridgehead atoms. The second-order valence-corrected chi connectivity index (χ2v) is 5.85. The van der Waals surface area contributed by atoms with Gasteiger partial charge in [-0.05, 0) is 35.7 Å². The Morgan fingerprint density at radius 1 is 1.17 bits per heavy atom. The molecule has 1 heterocycles. The second kappa shape index (κ2) is 6.67. The van der Waals surface area contributed by atoms with Crippen LogP contribution in [0, 0.1) is 0 Å². The predicted molar refractivity (Wildman–Crippen MR) is 92.9 cm³/mol. The third-order valence-electron chi connectivity index (χ3n) is 3.97. The molecule has 0 aliphatic carbocycles. The number of amides is 1. The lowest BCUT2D eigenvalue weighted by molar-refractivity contribution is -0.120. The van der Waals surface area contributed by atoms with Gasteiger partial charge in [-0.25, -0.2) is 0 Å². The van der Waals surface area contributed by atoms with Gasteiger partial charge in [0.15, 0.2) is 0 Å². The maximum atomic E-state index is 12.1. The maximum absolute atomic E-state index is 12.1. The molecule has 23 heavy (non-hydrogen) atoms. The number of fused-ring (bicyclic) bond motifs is 1. The molecule has 2 aromatic carbocycles. The third-order valence-corrected chi connectivity index (χ3v) is 3.97. The number of benzene rings is 2. The van der Waals surface area contributed by atoms with Crippen LogP contribution in [-0.2, 0) is 17.8 Å². The molecular weight excluding hydrogens is 286 g/mol. The molecule has 0 aliphatic rings. The number of carbonyl (C=O) groups excluding carboxylic acids is 1. The Bertz CT molecular complexity index is 806. The van der Waals surface area contributed by atoms with Crippen LogP contribution in [0.1, 0.15) is 29.7 Å². The van der Waals surface area contributed by atoms with E-state index < -0.39 is 0 Å². The van der Waals surface area contributed by atoms with Crippen LogP contribution in [0.3, 0.4) is 0 Å². The first-order valence-electron chi connectivity index (χ1n) is 7.79. The number of aromatic nitrogens is 1. The highest BCUT2D eigenvalue weighted by molar-refractivity contribution is 5.86. The molecule has 3 aromatic rings. The summed E-state index contributed by atoms with van der Waals surface area (Å²) in [6.45, 7) is 2.51. The molecule has 4 nitrogen and oxygen atoms in total. The quantitative estimate of drug-likeness (QED) is 0.678. The Labute approximate surface area is 135 Å². The van der Waals surface area contributed by atoms with Crippen molar-refractivity contribution in [2.45, 2.75) is 25.9 Å². The van der Waals surface area contributed by atoms with Gasteiger partial charge in [-0.2, -0.15) is 0 Å². The van der Waals surface area contributed by atoms with E-state index in [4.69, 9.17) is 5.73 Å². The van der Waals surface area contributed by atoms with Crippen LogP contribution in [0.15, 0.2) is 54.7 Å². The highest BCUT2D eigenvalue weighted by atomic mass is 16.1. The summed E-state index contributed by atoms with van der Waals surface area (Å²) in [4.78, 5) is 15.4. The summed E-state index contributed by atoms with van der Waals surface area (Å²) >= 11 is 0. The average Bonchev–Trinajstić information content (AvgIpc) is 2.97. The lowest BCUT2D eigenvalue weighted by Gasteiger charge is -2.07. The third kappa shape index (κ3) is 3.60. The van der Waals surface area contributed by atoms with Gasteiger partial charge in [0.25, 0.3) is 0 Å². The van der Waals surface area contributed by atoms with E-state index in [0.717, 1.165) is 27.6 Å². The van der Waals surface area contributed by atoms with Gasteiger partial charge in [0.2, 0.25) is 5.91 Å². The number of carbonyl (C=O) groups is 1. The average molecular weight is 307 g/mol. The summed E-state index contributed by atoms with van der Waals surface area (Å²) in [5.41, 5.74) is 10.2. The summed E-state index contributed by atoms with van der Waals surface area (Å²) < 4.78 is 0. The van der Waals surface area contributed by atoms with Crippen molar-refractivity contribution in [1.82, 2.24) is 10.3 Å². The topological polar surface area (TPSA) is 70.9 Å². The number of nitrogens with two attached hydrogens (primary N) is 1. The van der Waals surface area contributed by atoms with E-state index in [2.05, 4.69) is 10.3 Å². The number of H-pyrrole nitrogens is 1. The monoisotopic (exact) mass is 307 g/mol. The van der Waals surface area contributed by atoms with E-state index in [1.165, 1.54) is 0 Å². The SMILES string of the molecule is CC(N)c1c[nH]c2ccc(CC(=O)NCc3ccccc3)cc12. The molecular formula is C19H21N3O. The summed E-state index contributed by atoms with van der Waals surface area (Å²) in [6, 6.07) is 15.9. The van der Waals surface area contributed by atoms with E-state index in [0.29, 0.717) is 13.0 Å². The molecule has 0 saturated heterocycles. The first-order valence-corrected chi connectivity index (χ1v) is 7.79. The van der Waals surface area contributed by atoms with E-state index in [9.17, 15) is 4.79 Å². The highest BCUT2D eigenvalue weighted by Gasteiger charge is 2.10. The Morgan fingerprint density at radius 2 is 1.96 bits per heavy atom. The maximum Gasteiger partial charge on any atom is 0.224 e. The van der Waals surface area contributed by atoms with Gasteiger partial charge in [-0.15, -0.1) is 0 Å². The highest BCUT2D eigenvalue weighted by Crippen LogP contribution is 2.24. The van der Waals surface area contributed by atoms with Crippen molar-refractivity contribution in [2.24, 2.45) is 5.73 Å². The Morgan fingerprint density at radius 3 is 2.70 bits per heavy atom. The van der Waals surface area contributed by atoms with Crippen molar-refractivity contribution in [2.75, 3.05) is 0 Å². The van der Waals surface area contributed by atoms with Gasteiger partial charge < -0.3 is 16.0 Å². The first-order chi connectivity index (χ1) is 11.1. The zero-order valence-corrected chi connectivity index (χ0v) is 13.2. The minimum Gasteiger partial charge on any atom is -0.361 e. The smallest absolute Gasteiger partial charge is 0.224 e. The second-order valence-electron chi connectivity index (χ2n) is 5.85. The van der Waals surface area contributed by atoms with Crippen LogP contribution in [0.25, 0.3) is 10.9 Å². The minimum absolute atomic E-state index is 0.0195. The van der Waals surface area contributed by atoms with Crippen LogP contribution in [-0.4, -0.2) is 10.9 Å². The molecule has 0 spiro atoms. The van der Waals surface area contributed by atoms with Crippen LogP contribution in [0.5, 0.6) is 0 Å². The van der Waals surface area contributed by atoms with Gasteiger partial charge >= 0.3 is 0 Å². The fraction of sp³-hybridized carbons (Fsp3) is 0.211. The van der Waals surface area contributed by atoms with Crippen LogP contribution in [0.4, 0.5) is 0 Å². The molecule has 1 atom stereocenters. The predicted octanol–water partition coefficient (Wildman–Crippen LogP) is 3.05. The summed E-state index contributed by atoms with van der Waals surface area (Å²) in [7, 11) is 0. The van der Waals surface area contributed by atoms with Crippen molar-refractivity contribution >= 4 is 16.8 Å². The summed E-state index contributed by atoms with van der Waals surface area (Å²) in [6.07, 6.45) is 2.31. The zero-order valence-electron chi connectivity index (χ0n) is 13.2. The van der Waals surface area contributed by atoms with Crippen molar-refractivity contribution in [3.63, 3.8) is 0 Å². The summed E-state index contributed by atoms with van der Waals surface area (Å²) in [5, 5.41) is 4.05. The molecule has 1 aromatic heterocycles. The number of hydrogen-bond donors (Lipinski definition) is 3. The zero-order chi connectivity index (χ0) is 16.2. The van der Waals surface area contributed by atoms with Crippen molar-refractivity contribution in [3.05, 3.63) is 71.4 Å². The molecule has 0 radical (unpaired) electrons. The van der Waals surface area contributed by atoms with Crippen molar-refractivity contribution in [3.8, 4) is 0 Å². The van der Waals surface area contributed by atoms with Gasteiger partial charge in [0.1, 0.15) is 0 Å². The molecule has 4 N–H and O–H groups in total. The molecule has 0 saturated carbocycles. The molecule has 1 amide bonds. The molecule has 4 heteroatoms. The van der Waals surface area contributed by atoms with Gasteiger partial charge in [0.05, 0.1) is 6.42 Å². The lowest BCUT2D eigenvalue weighted by atomic mass is 10.0. The number of nitrogens with one attached hydrogen (secondary N) is 2. The molecule has 0 fully saturated rings. The standard InChI is InChI=1S/C19H21N3O/c1-13(20)17-12-21-18-8-7-15(9-16(17)18)10-19(23)22-11-14-5-3-2-4-6-14/h2-9,12-13,21H,10-11,20H2,1H3,(H,22,23). The van der Waals surface area contributed by atoms with Crippen LogP contribution in [0.2, 0.25) is 0 Å². The fourth-order valence-electron chi connectivity index (χ4n) is 2.72. The minimum atomic E-state index is -0.0362. The molecule has 0 aliphatic heterocycles. The normalized spacial score (nSPS) is 12.3. The number of aromatic amines is 1. The Kier molecular flexibility index (Phi) is 4.44. The number of hydrogen-bond acceptors (Lipinski definition) is 2. The van der Waals surface area contributed by atoms with E-state index >= 15 is 0 Å². The lowest BCUT2D eigenvalue weighted by Crippen LogP contribution is -2.24. The van der Waals surface area contributed by atoms with Gasteiger partial charge in [-0.1, -0.05) is 36.4 Å².